The lowest BCUT2D eigenvalue weighted by Crippen LogP contribution is -2.42. The smallest absolute Gasteiger partial charge is 0.320 e. The maximum absolute atomic E-state index is 11.2. The molecule has 0 saturated carbocycles. The van der Waals surface area contributed by atoms with Crippen LogP contribution in [0.25, 0.3) is 0 Å². The number of carboxylic acids is 1. The molecular weight excluding hydrogens is 240 g/mol. The molecule has 112 valence electrons. The SMILES string of the molecule is CCCNC(CCN1CCCCCC1CC)C(=O)O. The summed E-state index contributed by atoms with van der Waals surface area (Å²) >= 11 is 0. The number of carbonyl (C=O) groups is 1. The number of carboxylic acid groups (broad SMARTS) is 1. The lowest BCUT2D eigenvalue weighted by atomic mass is 10.1. The van der Waals surface area contributed by atoms with Crippen molar-refractivity contribution in [3.05, 3.63) is 0 Å². The molecule has 2 N–H and O–H groups in total. The summed E-state index contributed by atoms with van der Waals surface area (Å²) in [6.45, 7) is 7.14. The minimum Gasteiger partial charge on any atom is -0.480 e. The largest absolute Gasteiger partial charge is 0.480 e. The highest BCUT2D eigenvalue weighted by molar-refractivity contribution is 5.73. The fourth-order valence-corrected chi connectivity index (χ4v) is 2.92. The third-order valence-electron chi connectivity index (χ3n) is 4.11. The standard InChI is InChI=1S/C15H30N2O2/c1-3-10-16-14(15(18)19)9-12-17-11-7-5-6-8-13(17)4-2/h13-14,16H,3-12H2,1-2H3,(H,18,19). The van der Waals surface area contributed by atoms with Crippen molar-refractivity contribution in [2.24, 2.45) is 0 Å². The van der Waals surface area contributed by atoms with Crippen LogP contribution in [0, 0.1) is 0 Å². The van der Waals surface area contributed by atoms with E-state index in [1.165, 1.54) is 32.1 Å². The van der Waals surface area contributed by atoms with Crippen LogP contribution in [0.15, 0.2) is 0 Å². The van der Waals surface area contributed by atoms with E-state index in [0.717, 1.165) is 26.1 Å². The highest BCUT2D eigenvalue weighted by Gasteiger charge is 2.22. The first-order chi connectivity index (χ1) is 9.19. The van der Waals surface area contributed by atoms with Gasteiger partial charge in [0.15, 0.2) is 0 Å². The van der Waals surface area contributed by atoms with Crippen LogP contribution in [0.2, 0.25) is 0 Å². The topological polar surface area (TPSA) is 52.6 Å². The summed E-state index contributed by atoms with van der Waals surface area (Å²) in [5, 5.41) is 12.4. The fourth-order valence-electron chi connectivity index (χ4n) is 2.92. The number of hydrogen-bond donors (Lipinski definition) is 2. The number of likely N-dealkylation sites (tertiary alicyclic amines) is 1. The molecule has 1 fully saturated rings. The molecule has 0 radical (unpaired) electrons. The first-order valence-electron chi connectivity index (χ1n) is 7.89. The Hall–Kier alpha value is -0.610. The fraction of sp³-hybridized carbons (Fsp3) is 0.933. The molecule has 0 amide bonds. The summed E-state index contributed by atoms with van der Waals surface area (Å²) in [7, 11) is 0. The van der Waals surface area contributed by atoms with E-state index < -0.39 is 5.97 Å². The van der Waals surface area contributed by atoms with E-state index in [1.54, 1.807) is 0 Å². The first kappa shape index (κ1) is 16.4. The van der Waals surface area contributed by atoms with E-state index in [0.29, 0.717) is 12.5 Å². The minimum absolute atomic E-state index is 0.388. The second-order valence-electron chi connectivity index (χ2n) is 5.58. The molecule has 0 spiro atoms. The minimum atomic E-state index is -0.712. The zero-order valence-corrected chi connectivity index (χ0v) is 12.5. The van der Waals surface area contributed by atoms with Gasteiger partial charge in [-0.1, -0.05) is 26.7 Å². The van der Waals surface area contributed by atoms with Gasteiger partial charge in [0.05, 0.1) is 0 Å². The van der Waals surface area contributed by atoms with Crippen molar-refractivity contribution in [3.63, 3.8) is 0 Å². The van der Waals surface area contributed by atoms with Crippen molar-refractivity contribution in [1.29, 1.82) is 0 Å². The van der Waals surface area contributed by atoms with Gasteiger partial charge in [-0.15, -0.1) is 0 Å². The average molecular weight is 270 g/mol. The molecule has 1 aliphatic heterocycles. The molecule has 2 atom stereocenters. The summed E-state index contributed by atoms with van der Waals surface area (Å²) in [5.74, 6) is -0.712. The van der Waals surface area contributed by atoms with Gasteiger partial charge in [-0.3, -0.25) is 4.79 Å². The van der Waals surface area contributed by atoms with Gasteiger partial charge in [-0.25, -0.2) is 0 Å². The highest BCUT2D eigenvalue weighted by atomic mass is 16.4. The van der Waals surface area contributed by atoms with Gasteiger partial charge in [0, 0.05) is 12.6 Å². The predicted molar refractivity (Wildman–Crippen MR) is 78.5 cm³/mol. The normalized spacial score (nSPS) is 22.9. The van der Waals surface area contributed by atoms with Crippen molar-refractivity contribution < 1.29 is 9.90 Å². The molecule has 0 aromatic carbocycles. The number of aliphatic carboxylic acids is 1. The first-order valence-corrected chi connectivity index (χ1v) is 7.89. The van der Waals surface area contributed by atoms with E-state index in [9.17, 15) is 9.90 Å². The Morgan fingerprint density at radius 3 is 2.79 bits per heavy atom. The van der Waals surface area contributed by atoms with Crippen LogP contribution in [0.4, 0.5) is 0 Å². The second-order valence-corrected chi connectivity index (χ2v) is 5.58. The Kier molecular flexibility index (Phi) is 8.07. The Balaban J connectivity index is 2.43. The lowest BCUT2D eigenvalue weighted by Gasteiger charge is -2.30. The average Bonchev–Trinajstić information content (AvgIpc) is 2.63. The van der Waals surface area contributed by atoms with E-state index in [2.05, 4.69) is 24.1 Å². The molecule has 0 bridgehead atoms. The zero-order valence-electron chi connectivity index (χ0n) is 12.5. The molecule has 1 rings (SSSR count). The molecule has 0 aliphatic carbocycles. The number of rotatable bonds is 8. The molecular formula is C15H30N2O2. The van der Waals surface area contributed by atoms with Crippen LogP contribution >= 0.6 is 0 Å². The van der Waals surface area contributed by atoms with Crippen LogP contribution in [0.1, 0.15) is 58.8 Å². The number of hydrogen-bond acceptors (Lipinski definition) is 3. The molecule has 0 aromatic heterocycles. The van der Waals surface area contributed by atoms with Gasteiger partial charge in [0.1, 0.15) is 6.04 Å². The third-order valence-corrected chi connectivity index (χ3v) is 4.11. The molecule has 2 unspecified atom stereocenters. The zero-order chi connectivity index (χ0) is 14.1. The van der Waals surface area contributed by atoms with Crippen molar-refractivity contribution >= 4 is 5.97 Å². The van der Waals surface area contributed by atoms with Gasteiger partial charge in [-0.05, 0) is 45.2 Å². The van der Waals surface area contributed by atoms with Crippen LogP contribution in [-0.4, -0.2) is 47.7 Å². The lowest BCUT2D eigenvalue weighted by molar-refractivity contribution is -0.139. The molecule has 4 heteroatoms. The summed E-state index contributed by atoms with van der Waals surface area (Å²) in [4.78, 5) is 13.7. The van der Waals surface area contributed by atoms with Gasteiger partial charge < -0.3 is 15.3 Å². The van der Waals surface area contributed by atoms with Crippen molar-refractivity contribution in [2.45, 2.75) is 70.9 Å². The van der Waals surface area contributed by atoms with Crippen LogP contribution in [-0.2, 0) is 4.79 Å². The summed E-state index contributed by atoms with van der Waals surface area (Å²) in [6.07, 6.45) is 8.05. The van der Waals surface area contributed by atoms with Gasteiger partial charge >= 0.3 is 5.97 Å². The molecule has 4 nitrogen and oxygen atoms in total. The van der Waals surface area contributed by atoms with E-state index in [-0.39, 0.29) is 6.04 Å². The molecule has 1 aliphatic rings. The van der Waals surface area contributed by atoms with Gasteiger partial charge in [0.25, 0.3) is 0 Å². The highest BCUT2D eigenvalue weighted by Crippen LogP contribution is 2.19. The van der Waals surface area contributed by atoms with Crippen LogP contribution in [0.5, 0.6) is 0 Å². The van der Waals surface area contributed by atoms with Crippen LogP contribution in [0.3, 0.4) is 0 Å². The third kappa shape index (κ3) is 5.91. The summed E-state index contributed by atoms with van der Waals surface area (Å²) in [5.41, 5.74) is 0. The predicted octanol–water partition coefficient (Wildman–Crippen LogP) is 2.48. The van der Waals surface area contributed by atoms with Gasteiger partial charge in [0.2, 0.25) is 0 Å². The van der Waals surface area contributed by atoms with Gasteiger partial charge in [-0.2, -0.15) is 0 Å². The maximum atomic E-state index is 11.2. The molecule has 1 saturated heterocycles. The molecule has 19 heavy (non-hydrogen) atoms. The van der Waals surface area contributed by atoms with Crippen molar-refractivity contribution in [2.75, 3.05) is 19.6 Å². The van der Waals surface area contributed by atoms with Crippen LogP contribution < -0.4 is 5.32 Å². The molecule has 1 heterocycles. The Labute approximate surface area is 117 Å². The molecule has 0 aromatic rings. The van der Waals surface area contributed by atoms with E-state index in [4.69, 9.17) is 0 Å². The number of nitrogens with one attached hydrogen (secondary N) is 1. The number of nitrogens with zero attached hydrogens (tertiary/aromatic N) is 1. The Bertz CT molecular complexity index is 259. The quantitative estimate of drug-likeness (QED) is 0.711. The second kappa shape index (κ2) is 9.32. The Morgan fingerprint density at radius 2 is 2.16 bits per heavy atom. The van der Waals surface area contributed by atoms with Crippen molar-refractivity contribution in [3.8, 4) is 0 Å². The Morgan fingerprint density at radius 1 is 1.37 bits per heavy atom. The monoisotopic (exact) mass is 270 g/mol. The van der Waals surface area contributed by atoms with Crippen molar-refractivity contribution in [1.82, 2.24) is 10.2 Å². The van der Waals surface area contributed by atoms with E-state index >= 15 is 0 Å². The summed E-state index contributed by atoms with van der Waals surface area (Å²) < 4.78 is 0. The maximum Gasteiger partial charge on any atom is 0.320 e. The summed E-state index contributed by atoms with van der Waals surface area (Å²) in [6, 6.07) is 0.267. The van der Waals surface area contributed by atoms with E-state index in [1.807, 2.05) is 0 Å².